The van der Waals surface area contributed by atoms with Crippen LogP contribution in [0.1, 0.15) is 16.1 Å². The lowest BCUT2D eigenvalue weighted by Crippen LogP contribution is -2.30. The predicted molar refractivity (Wildman–Crippen MR) is 59.3 cm³/mol. The molecule has 0 aliphatic rings. The Bertz CT molecular complexity index is 461. The fourth-order valence-corrected chi connectivity index (χ4v) is 1.27. The van der Waals surface area contributed by atoms with E-state index in [1.54, 1.807) is 0 Å². The number of amides is 1. The zero-order valence-corrected chi connectivity index (χ0v) is 9.61. The molecule has 1 amide bonds. The highest BCUT2D eigenvalue weighted by Crippen LogP contribution is 2.29. The molecule has 1 aromatic rings. The largest absolute Gasteiger partial charge is 0.433 e. The number of carbonyl (C=O) groups excluding carboxylic acids is 1. The van der Waals surface area contributed by atoms with Gasteiger partial charge in [0.1, 0.15) is 11.5 Å². The Labute approximate surface area is 106 Å². The molecule has 0 aliphatic carbocycles. The summed E-state index contributed by atoms with van der Waals surface area (Å²) in [5.41, 5.74) is 3.53. The van der Waals surface area contributed by atoms with Crippen molar-refractivity contribution in [1.29, 1.82) is 0 Å². The SMILES string of the molecule is NC(=O)c1ccc(C(F)(F)F)nc1NC(CO)CO. The summed E-state index contributed by atoms with van der Waals surface area (Å²) < 4.78 is 37.5. The van der Waals surface area contributed by atoms with Crippen molar-refractivity contribution < 1.29 is 28.2 Å². The molecule has 0 aliphatic heterocycles. The Balaban J connectivity index is 3.19. The summed E-state index contributed by atoms with van der Waals surface area (Å²) >= 11 is 0. The van der Waals surface area contributed by atoms with Crippen molar-refractivity contribution in [2.75, 3.05) is 18.5 Å². The third kappa shape index (κ3) is 3.80. The zero-order valence-electron chi connectivity index (χ0n) is 9.61. The Hall–Kier alpha value is -1.87. The zero-order chi connectivity index (χ0) is 14.6. The van der Waals surface area contributed by atoms with E-state index < -0.39 is 42.9 Å². The maximum atomic E-state index is 12.5. The molecule has 0 bridgehead atoms. The van der Waals surface area contributed by atoms with Crippen molar-refractivity contribution in [3.05, 3.63) is 23.4 Å². The van der Waals surface area contributed by atoms with Crippen LogP contribution in [0.2, 0.25) is 0 Å². The third-order valence-corrected chi connectivity index (χ3v) is 2.23. The molecular formula is C10H12F3N3O3. The van der Waals surface area contributed by atoms with Gasteiger partial charge >= 0.3 is 6.18 Å². The summed E-state index contributed by atoms with van der Waals surface area (Å²) in [7, 11) is 0. The summed E-state index contributed by atoms with van der Waals surface area (Å²) in [4.78, 5) is 14.3. The van der Waals surface area contributed by atoms with Crippen LogP contribution in [0.5, 0.6) is 0 Å². The number of primary amides is 1. The number of aromatic nitrogens is 1. The van der Waals surface area contributed by atoms with Gasteiger partial charge in [0.05, 0.1) is 24.8 Å². The smallest absolute Gasteiger partial charge is 0.394 e. The van der Waals surface area contributed by atoms with Crippen LogP contribution in [0, 0.1) is 0 Å². The van der Waals surface area contributed by atoms with E-state index >= 15 is 0 Å². The fourth-order valence-electron chi connectivity index (χ4n) is 1.27. The minimum atomic E-state index is -4.68. The van der Waals surface area contributed by atoms with Gasteiger partial charge in [-0.15, -0.1) is 0 Å². The monoisotopic (exact) mass is 279 g/mol. The van der Waals surface area contributed by atoms with E-state index in [0.29, 0.717) is 6.07 Å². The molecule has 0 spiro atoms. The number of hydrogen-bond donors (Lipinski definition) is 4. The average molecular weight is 279 g/mol. The van der Waals surface area contributed by atoms with Crippen molar-refractivity contribution in [1.82, 2.24) is 4.98 Å². The number of halogens is 3. The van der Waals surface area contributed by atoms with E-state index in [4.69, 9.17) is 15.9 Å². The van der Waals surface area contributed by atoms with Gasteiger partial charge in [-0.05, 0) is 12.1 Å². The van der Waals surface area contributed by atoms with E-state index in [1.807, 2.05) is 0 Å². The van der Waals surface area contributed by atoms with E-state index in [2.05, 4.69) is 10.3 Å². The van der Waals surface area contributed by atoms with Crippen molar-refractivity contribution in [3.63, 3.8) is 0 Å². The normalized spacial score (nSPS) is 11.7. The number of carbonyl (C=O) groups is 1. The second kappa shape index (κ2) is 5.85. The number of nitrogens with one attached hydrogen (secondary N) is 1. The van der Waals surface area contributed by atoms with Crippen molar-refractivity contribution in [2.24, 2.45) is 5.73 Å². The van der Waals surface area contributed by atoms with Gasteiger partial charge < -0.3 is 21.3 Å². The van der Waals surface area contributed by atoms with E-state index in [9.17, 15) is 18.0 Å². The van der Waals surface area contributed by atoms with Gasteiger partial charge in [0, 0.05) is 0 Å². The molecule has 5 N–H and O–H groups in total. The van der Waals surface area contributed by atoms with Gasteiger partial charge in [0.25, 0.3) is 5.91 Å². The van der Waals surface area contributed by atoms with E-state index in [0.717, 1.165) is 6.07 Å². The number of hydrogen-bond acceptors (Lipinski definition) is 5. The second-order valence-electron chi connectivity index (χ2n) is 3.66. The number of alkyl halides is 3. The quantitative estimate of drug-likeness (QED) is 0.605. The van der Waals surface area contributed by atoms with Crippen molar-refractivity contribution in [2.45, 2.75) is 12.2 Å². The molecule has 6 nitrogen and oxygen atoms in total. The first kappa shape index (κ1) is 15.2. The van der Waals surface area contributed by atoms with Crippen LogP contribution < -0.4 is 11.1 Å². The van der Waals surface area contributed by atoms with Gasteiger partial charge in [0.2, 0.25) is 0 Å². The summed E-state index contributed by atoms with van der Waals surface area (Å²) in [5.74, 6) is -1.41. The molecule has 0 radical (unpaired) electrons. The van der Waals surface area contributed by atoms with E-state index in [1.165, 1.54) is 0 Å². The number of pyridine rings is 1. The minimum absolute atomic E-state index is 0.264. The van der Waals surface area contributed by atoms with Gasteiger partial charge in [-0.25, -0.2) is 4.98 Å². The Morgan fingerprint density at radius 3 is 2.37 bits per heavy atom. The fraction of sp³-hybridized carbons (Fsp3) is 0.400. The van der Waals surface area contributed by atoms with Gasteiger partial charge in [0.15, 0.2) is 0 Å². The Kier molecular flexibility index (Phi) is 4.67. The van der Waals surface area contributed by atoms with Crippen LogP contribution in [-0.4, -0.2) is 40.4 Å². The molecule has 1 aromatic heterocycles. The number of aliphatic hydroxyl groups excluding tert-OH is 2. The topological polar surface area (TPSA) is 108 Å². The molecule has 0 atom stereocenters. The summed E-state index contributed by atoms with van der Waals surface area (Å²) in [6.07, 6.45) is -4.68. The van der Waals surface area contributed by atoms with Crippen LogP contribution in [-0.2, 0) is 6.18 Å². The molecular weight excluding hydrogens is 267 g/mol. The second-order valence-corrected chi connectivity index (χ2v) is 3.66. The highest BCUT2D eigenvalue weighted by molar-refractivity contribution is 5.97. The molecule has 0 unspecified atom stereocenters. The number of nitrogens with zero attached hydrogens (tertiary/aromatic N) is 1. The van der Waals surface area contributed by atoms with E-state index in [-0.39, 0.29) is 5.56 Å². The molecule has 0 aromatic carbocycles. The van der Waals surface area contributed by atoms with Gasteiger partial charge in [-0.3, -0.25) is 4.79 Å². The standard InChI is InChI=1S/C10H12F3N3O3/c11-10(12,13)7-2-1-6(8(14)19)9(16-7)15-5(3-17)4-18/h1-2,5,17-18H,3-4H2,(H2,14,19)(H,15,16). The first-order chi connectivity index (χ1) is 8.79. The maximum Gasteiger partial charge on any atom is 0.433 e. The van der Waals surface area contributed by atoms with Crippen molar-refractivity contribution in [3.8, 4) is 0 Å². The number of aliphatic hydroxyl groups is 2. The maximum absolute atomic E-state index is 12.5. The van der Waals surface area contributed by atoms with Crippen LogP contribution in [0.15, 0.2) is 12.1 Å². The van der Waals surface area contributed by atoms with Gasteiger partial charge in [-0.2, -0.15) is 13.2 Å². The molecule has 0 fully saturated rings. The Morgan fingerprint density at radius 2 is 1.95 bits per heavy atom. The number of rotatable bonds is 5. The van der Waals surface area contributed by atoms with Crippen LogP contribution >= 0.6 is 0 Å². The van der Waals surface area contributed by atoms with Crippen LogP contribution in [0.3, 0.4) is 0 Å². The molecule has 1 rings (SSSR count). The highest BCUT2D eigenvalue weighted by Gasteiger charge is 2.33. The summed E-state index contributed by atoms with van der Waals surface area (Å²) in [6, 6.07) is 0.555. The van der Waals surface area contributed by atoms with Crippen molar-refractivity contribution >= 4 is 11.7 Å². The first-order valence-corrected chi connectivity index (χ1v) is 5.16. The predicted octanol–water partition coefficient (Wildman–Crippen LogP) is -0.0356. The molecule has 0 saturated heterocycles. The summed E-state index contributed by atoms with van der Waals surface area (Å²) in [6.45, 7) is -1.10. The lowest BCUT2D eigenvalue weighted by Gasteiger charge is -2.17. The highest BCUT2D eigenvalue weighted by atomic mass is 19.4. The summed E-state index contributed by atoms with van der Waals surface area (Å²) in [5, 5.41) is 20.0. The third-order valence-electron chi connectivity index (χ3n) is 2.23. The molecule has 0 saturated carbocycles. The molecule has 1 heterocycles. The van der Waals surface area contributed by atoms with Gasteiger partial charge in [-0.1, -0.05) is 0 Å². The molecule has 9 heteroatoms. The average Bonchev–Trinajstić information content (AvgIpc) is 2.34. The number of nitrogens with two attached hydrogens (primary N) is 1. The minimum Gasteiger partial charge on any atom is -0.394 e. The molecule has 106 valence electrons. The first-order valence-electron chi connectivity index (χ1n) is 5.16. The Morgan fingerprint density at radius 1 is 1.37 bits per heavy atom. The lowest BCUT2D eigenvalue weighted by atomic mass is 10.2. The number of anilines is 1. The van der Waals surface area contributed by atoms with Crippen LogP contribution in [0.4, 0.5) is 19.0 Å². The van der Waals surface area contributed by atoms with Crippen LogP contribution in [0.25, 0.3) is 0 Å². The molecule has 19 heavy (non-hydrogen) atoms. The lowest BCUT2D eigenvalue weighted by molar-refractivity contribution is -0.141.